The zero-order valence-corrected chi connectivity index (χ0v) is 19.7. The summed E-state index contributed by atoms with van der Waals surface area (Å²) < 4.78 is 5.94. The Kier molecular flexibility index (Phi) is 6.32. The summed E-state index contributed by atoms with van der Waals surface area (Å²) in [4.78, 5) is 26.6. The number of anilines is 1. The van der Waals surface area contributed by atoms with Crippen molar-refractivity contribution in [2.24, 2.45) is 0 Å². The van der Waals surface area contributed by atoms with Crippen molar-refractivity contribution in [1.82, 2.24) is 14.9 Å². The summed E-state index contributed by atoms with van der Waals surface area (Å²) in [5.41, 5.74) is 3.11. The molecular weight excluding hydrogens is 448 g/mol. The summed E-state index contributed by atoms with van der Waals surface area (Å²) in [6.45, 7) is 5.27. The van der Waals surface area contributed by atoms with E-state index in [1.807, 2.05) is 78.6 Å². The van der Waals surface area contributed by atoms with Crippen molar-refractivity contribution in [2.45, 2.75) is 6.92 Å². The molecule has 0 unspecified atom stereocenters. The Bertz CT molecular complexity index is 1320. The van der Waals surface area contributed by atoms with Crippen LogP contribution in [0.15, 0.2) is 72.9 Å². The first-order chi connectivity index (χ1) is 16.6. The molecule has 5 rings (SSSR count). The quantitative estimate of drug-likeness (QED) is 0.394. The van der Waals surface area contributed by atoms with Crippen LogP contribution in [0.25, 0.3) is 22.2 Å². The molecule has 0 aliphatic carbocycles. The minimum Gasteiger partial charge on any atom is -0.493 e. The lowest BCUT2D eigenvalue weighted by atomic mass is 10.1. The van der Waals surface area contributed by atoms with Gasteiger partial charge in [-0.05, 0) is 49.4 Å². The summed E-state index contributed by atoms with van der Waals surface area (Å²) >= 11 is 6.18. The highest BCUT2D eigenvalue weighted by Crippen LogP contribution is 2.32. The van der Waals surface area contributed by atoms with Gasteiger partial charge in [0, 0.05) is 60.0 Å². The van der Waals surface area contributed by atoms with Gasteiger partial charge in [-0.2, -0.15) is 0 Å². The average molecular weight is 473 g/mol. The molecule has 3 heterocycles. The van der Waals surface area contributed by atoms with E-state index < -0.39 is 0 Å². The van der Waals surface area contributed by atoms with Gasteiger partial charge >= 0.3 is 0 Å². The number of rotatable bonds is 5. The molecule has 4 aromatic rings. The van der Waals surface area contributed by atoms with Crippen LogP contribution in [-0.4, -0.2) is 53.6 Å². The minimum absolute atomic E-state index is 0.0175. The fourth-order valence-electron chi connectivity index (χ4n) is 4.26. The number of nitrogens with zero attached hydrogens (tertiary/aromatic N) is 4. The second-order valence-electron chi connectivity index (χ2n) is 8.15. The number of ether oxygens (including phenoxy) is 1. The largest absolute Gasteiger partial charge is 0.493 e. The summed E-state index contributed by atoms with van der Waals surface area (Å²) in [7, 11) is 0. The van der Waals surface area contributed by atoms with Gasteiger partial charge in [0.1, 0.15) is 11.6 Å². The first-order valence-electron chi connectivity index (χ1n) is 11.4. The number of hydrogen-bond donors (Lipinski definition) is 0. The molecule has 34 heavy (non-hydrogen) atoms. The fraction of sp³-hybridized carbons (Fsp3) is 0.222. The number of pyridine rings is 2. The number of aromatic nitrogens is 2. The molecule has 1 aliphatic rings. The molecule has 1 fully saturated rings. The molecule has 6 nitrogen and oxygen atoms in total. The van der Waals surface area contributed by atoms with Gasteiger partial charge in [0.15, 0.2) is 0 Å². The van der Waals surface area contributed by atoms with Crippen molar-refractivity contribution in [2.75, 3.05) is 37.7 Å². The zero-order chi connectivity index (χ0) is 23.5. The summed E-state index contributed by atoms with van der Waals surface area (Å²) in [6.07, 6.45) is 1.80. The van der Waals surface area contributed by atoms with Gasteiger partial charge in [-0.15, -0.1) is 0 Å². The third kappa shape index (κ3) is 4.54. The number of hydrogen-bond acceptors (Lipinski definition) is 5. The van der Waals surface area contributed by atoms with E-state index in [0.29, 0.717) is 36.0 Å². The maximum atomic E-state index is 13.3. The van der Waals surface area contributed by atoms with Gasteiger partial charge in [0.05, 0.1) is 17.8 Å². The average Bonchev–Trinajstić information content (AvgIpc) is 2.89. The fourth-order valence-corrected chi connectivity index (χ4v) is 4.45. The summed E-state index contributed by atoms with van der Waals surface area (Å²) in [5, 5.41) is 1.48. The van der Waals surface area contributed by atoms with Crippen LogP contribution in [0.1, 0.15) is 17.3 Å². The topological polar surface area (TPSA) is 58.6 Å². The minimum atomic E-state index is 0.0175. The van der Waals surface area contributed by atoms with Gasteiger partial charge in [-0.25, -0.2) is 9.97 Å². The lowest BCUT2D eigenvalue weighted by Crippen LogP contribution is -2.49. The first kappa shape index (κ1) is 22.2. The maximum absolute atomic E-state index is 13.3. The third-order valence-electron chi connectivity index (χ3n) is 5.98. The predicted octanol–water partition coefficient (Wildman–Crippen LogP) is 5.31. The van der Waals surface area contributed by atoms with Crippen LogP contribution in [0, 0.1) is 0 Å². The second-order valence-corrected chi connectivity index (χ2v) is 8.58. The van der Waals surface area contributed by atoms with Crippen molar-refractivity contribution < 1.29 is 9.53 Å². The van der Waals surface area contributed by atoms with Crippen LogP contribution in [0.3, 0.4) is 0 Å². The number of piperazine rings is 1. The molecular formula is C27H25ClN4O2. The van der Waals surface area contributed by atoms with Crippen LogP contribution in [-0.2, 0) is 0 Å². The van der Waals surface area contributed by atoms with Crippen molar-refractivity contribution in [1.29, 1.82) is 0 Å². The van der Waals surface area contributed by atoms with E-state index in [2.05, 4.69) is 9.88 Å². The molecule has 7 heteroatoms. The van der Waals surface area contributed by atoms with Crippen molar-refractivity contribution in [3.8, 4) is 17.0 Å². The Morgan fingerprint density at radius 3 is 2.59 bits per heavy atom. The van der Waals surface area contributed by atoms with Gasteiger partial charge < -0.3 is 14.5 Å². The standard InChI is InChI=1S/C27H25ClN4O2/c1-2-34-25-18-24(19-6-5-7-21(28)16-19)30-23-10-9-20(17-22(23)25)27(33)32-14-12-31(13-15-32)26-8-3-4-11-29-26/h3-11,16-18H,2,12-15H2,1H3. The second kappa shape index (κ2) is 9.69. The molecule has 0 N–H and O–H groups in total. The molecule has 2 aromatic carbocycles. The van der Waals surface area contributed by atoms with Crippen molar-refractivity contribution >= 4 is 34.2 Å². The van der Waals surface area contributed by atoms with E-state index in [1.54, 1.807) is 6.20 Å². The predicted molar refractivity (Wildman–Crippen MR) is 136 cm³/mol. The van der Waals surface area contributed by atoms with E-state index >= 15 is 0 Å². The molecule has 1 amide bonds. The molecule has 172 valence electrons. The summed E-state index contributed by atoms with van der Waals surface area (Å²) in [6, 6.07) is 21.0. The number of amides is 1. The number of fused-ring (bicyclic) bond motifs is 1. The molecule has 1 saturated heterocycles. The Labute approximate surface area is 203 Å². The van der Waals surface area contributed by atoms with Crippen LogP contribution in [0.2, 0.25) is 5.02 Å². The molecule has 1 aliphatic heterocycles. The molecule has 0 atom stereocenters. The Balaban J connectivity index is 1.40. The molecule has 2 aromatic heterocycles. The van der Waals surface area contributed by atoms with Gasteiger partial charge in [-0.1, -0.05) is 29.8 Å². The van der Waals surface area contributed by atoms with Gasteiger partial charge in [0.2, 0.25) is 0 Å². The lowest BCUT2D eigenvalue weighted by molar-refractivity contribution is 0.0746. The number of benzene rings is 2. The number of carbonyl (C=O) groups excluding carboxylic acids is 1. The Morgan fingerprint density at radius 2 is 1.85 bits per heavy atom. The van der Waals surface area contributed by atoms with Crippen LogP contribution >= 0.6 is 11.6 Å². The van der Waals surface area contributed by atoms with Gasteiger partial charge in [0.25, 0.3) is 5.91 Å². The number of halogens is 1. The van der Waals surface area contributed by atoms with Crippen LogP contribution in [0.4, 0.5) is 5.82 Å². The molecule has 0 bridgehead atoms. The van der Waals surface area contributed by atoms with Crippen molar-refractivity contribution in [3.63, 3.8) is 0 Å². The highest BCUT2D eigenvalue weighted by Gasteiger charge is 2.23. The monoisotopic (exact) mass is 472 g/mol. The highest BCUT2D eigenvalue weighted by atomic mass is 35.5. The molecule has 0 spiro atoms. The van der Waals surface area contributed by atoms with E-state index in [4.69, 9.17) is 21.3 Å². The summed E-state index contributed by atoms with van der Waals surface area (Å²) in [5.74, 6) is 1.67. The van der Waals surface area contributed by atoms with Crippen LogP contribution < -0.4 is 9.64 Å². The lowest BCUT2D eigenvalue weighted by Gasteiger charge is -2.35. The highest BCUT2D eigenvalue weighted by molar-refractivity contribution is 6.30. The van der Waals surface area contributed by atoms with Crippen molar-refractivity contribution in [3.05, 3.63) is 83.5 Å². The number of carbonyl (C=O) groups is 1. The molecule has 0 saturated carbocycles. The third-order valence-corrected chi connectivity index (χ3v) is 6.21. The van der Waals surface area contributed by atoms with Gasteiger partial charge in [-0.3, -0.25) is 4.79 Å². The van der Waals surface area contributed by atoms with E-state index in [1.165, 1.54) is 0 Å². The van der Waals surface area contributed by atoms with Crippen LogP contribution in [0.5, 0.6) is 5.75 Å². The smallest absolute Gasteiger partial charge is 0.254 e. The van der Waals surface area contributed by atoms with E-state index in [0.717, 1.165) is 41.1 Å². The SMILES string of the molecule is CCOc1cc(-c2cccc(Cl)c2)nc2ccc(C(=O)N3CCN(c4ccccn4)CC3)cc12. The Hall–Kier alpha value is -3.64. The first-order valence-corrected chi connectivity index (χ1v) is 11.8. The van der Waals surface area contributed by atoms with E-state index in [-0.39, 0.29) is 5.91 Å². The zero-order valence-electron chi connectivity index (χ0n) is 18.9. The van der Waals surface area contributed by atoms with E-state index in [9.17, 15) is 4.79 Å². The molecule has 0 radical (unpaired) electrons. The normalized spacial score (nSPS) is 13.8. The Morgan fingerprint density at radius 1 is 1.00 bits per heavy atom. The maximum Gasteiger partial charge on any atom is 0.254 e.